The van der Waals surface area contributed by atoms with Crippen molar-refractivity contribution in [2.45, 2.75) is 32.0 Å². The van der Waals surface area contributed by atoms with Gasteiger partial charge in [-0.15, -0.1) is 13.2 Å². The second-order valence-electron chi connectivity index (χ2n) is 6.65. The molecule has 1 heterocycles. The third-order valence-corrected chi connectivity index (χ3v) is 4.57. The molecule has 1 aromatic carbocycles. The number of aryl methyl sites for hydroxylation is 1. The molecular weight excluding hydrogens is 349 g/mol. The first kappa shape index (κ1) is 20.5. The number of carbonyl (C=O) groups excluding carboxylic acids is 1. The maximum atomic E-state index is 12.1. The molecule has 8 heteroatoms. The van der Waals surface area contributed by atoms with Crippen LogP contribution in [-0.2, 0) is 16.0 Å². The Kier molecular flexibility index (Phi) is 7.28. The summed E-state index contributed by atoms with van der Waals surface area (Å²) in [6.45, 7) is 2.99. The van der Waals surface area contributed by atoms with E-state index >= 15 is 0 Å². The molecule has 0 atom stereocenters. The van der Waals surface area contributed by atoms with Gasteiger partial charge in [0.15, 0.2) is 0 Å². The number of hydrogen-bond donors (Lipinski definition) is 2. The maximum absolute atomic E-state index is 12.1. The molecule has 0 unspecified atom stereocenters. The van der Waals surface area contributed by atoms with Gasteiger partial charge in [-0.2, -0.15) is 0 Å². The van der Waals surface area contributed by atoms with Crippen molar-refractivity contribution < 1.29 is 27.4 Å². The largest absolute Gasteiger partial charge is 0.573 e. The molecule has 1 aromatic rings. The molecule has 5 nitrogen and oxygen atoms in total. The Hall–Kier alpha value is -1.80. The normalized spacial score (nSPS) is 16.9. The van der Waals surface area contributed by atoms with E-state index in [9.17, 15) is 18.0 Å². The van der Waals surface area contributed by atoms with E-state index in [0.29, 0.717) is 19.6 Å². The molecule has 0 radical (unpaired) electrons. The van der Waals surface area contributed by atoms with Crippen LogP contribution in [0.25, 0.3) is 0 Å². The van der Waals surface area contributed by atoms with Crippen LogP contribution in [-0.4, -0.2) is 45.6 Å². The van der Waals surface area contributed by atoms with E-state index in [1.54, 1.807) is 7.11 Å². The second kappa shape index (κ2) is 9.23. The average molecular weight is 374 g/mol. The fraction of sp³-hybridized carbons (Fsp3) is 0.611. The Morgan fingerprint density at radius 3 is 2.46 bits per heavy atom. The van der Waals surface area contributed by atoms with Crippen molar-refractivity contribution in [1.82, 2.24) is 10.6 Å². The Balaban J connectivity index is 1.77. The van der Waals surface area contributed by atoms with E-state index in [0.717, 1.165) is 31.5 Å². The summed E-state index contributed by atoms with van der Waals surface area (Å²) in [4.78, 5) is 12.1. The van der Waals surface area contributed by atoms with Crippen molar-refractivity contribution in [1.29, 1.82) is 0 Å². The van der Waals surface area contributed by atoms with Gasteiger partial charge in [-0.25, -0.2) is 0 Å². The highest BCUT2D eigenvalue weighted by molar-refractivity contribution is 5.76. The number of amides is 1. The molecule has 2 N–H and O–H groups in total. The number of benzene rings is 1. The molecule has 0 bridgehead atoms. The minimum absolute atomic E-state index is 0.0355. The Morgan fingerprint density at radius 1 is 1.23 bits per heavy atom. The molecular formula is C18H25F3N2O3. The van der Waals surface area contributed by atoms with E-state index < -0.39 is 6.36 Å². The lowest BCUT2D eigenvalue weighted by Crippen LogP contribution is -2.47. The van der Waals surface area contributed by atoms with Crippen LogP contribution in [0.1, 0.15) is 24.8 Å². The van der Waals surface area contributed by atoms with Gasteiger partial charge >= 0.3 is 6.36 Å². The highest BCUT2D eigenvalue weighted by atomic mass is 19.4. The minimum Gasteiger partial charge on any atom is -0.406 e. The fourth-order valence-electron chi connectivity index (χ4n) is 3.13. The number of halogens is 3. The molecule has 0 aromatic heterocycles. The van der Waals surface area contributed by atoms with Crippen LogP contribution in [0.4, 0.5) is 13.2 Å². The van der Waals surface area contributed by atoms with Crippen LogP contribution in [0.3, 0.4) is 0 Å². The zero-order valence-electron chi connectivity index (χ0n) is 14.8. The van der Waals surface area contributed by atoms with Gasteiger partial charge in [-0.3, -0.25) is 4.79 Å². The molecule has 0 aliphatic carbocycles. The summed E-state index contributed by atoms with van der Waals surface area (Å²) >= 11 is 0. The van der Waals surface area contributed by atoms with Gasteiger partial charge in [0.25, 0.3) is 0 Å². The molecule has 2 rings (SSSR count). The lowest BCUT2D eigenvalue weighted by atomic mass is 9.79. The lowest BCUT2D eigenvalue weighted by Gasteiger charge is -2.37. The standard InChI is InChI=1S/C18H25F3N2O3/c1-25-13-17(8-10-22-11-9-17)12-23-16(24)7-4-14-2-5-15(6-3-14)26-18(19,20)21/h2-3,5-6,22H,4,7-13H2,1H3,(H,23,24). The molecule has 26 heavy (non-hydrogen) atoms. The van der Waals surface area contributed by atoms with Gasteiger partial charge < -0.3 is 20.1 Å². The van der Waals surface area contributed by atoms with Crippen LogP contribution in [0.15, 0.2) is 24.3 Å². The minimum atomic E-state index is -4.70. The molecule has 1 aliphatic rings. The second-order valence-corrected chi connectivity index (χ2v) is 6.65. The predicted molar refractivity (Wildman–Crippen MR) is 90.9 cm³/mol. The summed E-state index contributed by atoms with van der Waals surface area (Å²) < 4.78 is 45.5. The van der Waals surface area contributed by atoms with Gasteiger partial charge in [-0.05, 0) is 50.0 Å². The van der Waals surface area contributed by atoms with E-state index in [1.165, 1.54) is 24.3 Å². The first-order valence-corrected chi connectivity index (χ1v) is 8.63. The van der Waals surface area contributed by atoms with Crippen molar-refractivity contribution in [2.24, 2.45) is 5.41 Å². The van der Waals surface area contributed by atoms with E-state index in [1.807, 2.05) is 0 Å². The van der Waals surface area contributed by atoms with Crippen LogP contribution >= 0.6 is 0 Å². The quantitative estimate of drug-likeness (QED) is 0.735. The maximum Gasteiger partial charge on any atom is 0.573 e. The molecule has 1 amide bonds. The van der Waals surface area contributed by atoms with Gasteiger partial charge in [0.2, 0.25) is 5.91 Å². The Labute approximate surface area is 151 Å². The number of piperidine rings is 1. The summed E-state index contributed by atoms with van der Waals surface area (Å²) in [5.41, 5.74) is 0.745. The summed E-state index contributed by atoms with van der Waals surface area (Å²) in [6.07, 6.45) is -2.07. The van der Waals surface area contributed by atoms with E-state index in [4.69, 9.17) is 4.74 Å². The van der Waals surface area contributed by atoms with Crippen molar-refractivity contribution in [3.63, 3.8) is 0 Å². The number of hydrogen-bond acceptors (Lipinski definition) is 4. The smallest absolute Gasteiger partial charge is 0.406 e. The molecule has 0 saturated carbocycles. The molecule has 1 saturated heterocycles. The van der Waals surface area contributed by atoms with Gasteiger partial charge in [0.05, 0.1) is 6.61 Å². The fourth-order valence-corrected chi connectivity index (χ4v) is 3.13. The van der Waals surface area contributed by atoms with Gasteiger partial charge in [0, 0.05) is 25.5 Å². The summed E-state index contributed by atoms with van der Waals surface area (Å²) in [6, 6.07) is 5.58. The summed E-state index contributed by atoms with van der Waals surface area (Å²) in [5.74, 6) is -0.340. The highest BCUT2D eigenvalue weighted by Crippen LogP contribution is 2.28. The van der Waals surface area contributed by atoms with Crippen molar-refractivity contribution in [3.05, 3.63) is 29.8 Å². The summed E-state index contributed by atoms with van der Waals surface area (Å²) in [5, 5.41) is 6.27. The van der Waals surface area contributed by atoms with Crippen LogP contribution < -0.4 is 15.4 Å². The number of methoxy groups -OCH3 is 1. The first-order chi connectivity index (χ1) is 12.3. The van der Waals surface area contributed by atoms with Crippen molar-refractivity contribution in [2.75, 3.05) is 33.4 Å². The van der Waals surface area contributed by atoms with Crippen molar-refractivity contribution >= 4 is 5.91 Å². The van der Waals surface area contributed by atoms with E-state index in [2.05, 4.69) is 15.4 Å². The Morgan fingerprint density at radius 2 is 1.88 bits per heavy atom. The van der Waals surface area contributed by atoms with Crippen LogP contribution in [0.5, 0.6) is 5.75 Å². The zero-order chi connectivity index (χ0) is 19.0. The average Bonchev–Trinajstić information content (AvgIpc) is 2.59. The van der Waals surface area contributed by atoms with Gasteiger partial charge in [0.1, 0.15) is 5.75 Å². The molecule has 0 spiro atoms. The lowest BCUT2D eigenvalue weighted by molar-refractivity contribution is -0.274. The topological polar surface area (TPSA) is 59.6 Å². The van der Waals surface area contributed by atoms with Gasteiger partial charge in [-0.1, -0.05) is 12.1 Å². The summed E-state index contributed by atoms with van der Waals surface area (Å²) in [7, 11) is 1.66. The van der Waals surface area contributed by atoms with E-state index in [-0.39, 0.29) is 23.5 Å². The number of ether oxygens (including phenoxy) is 2. The third-order valence-electron chi connectivity index (χ3n) is 4.57. The highest BCUT2D eigenvalue weighted by Gasteiger charge is 2.32. The van der Waals surface area contributed by atoms with Crippen LogP contribution in [0.2, 0.25) is 0 Å². The number of alkyl halides is 3. The number of nitrogens with one attached hydrogen (secondary N) is 2. The van der Waals surface area contributed by atoms with Crippen molar-refractivity contribution in [3.8, 4) is 5.75 Å². The number of rotatable bonds is 8. The molecule has 146 valence electrons. The Bertz CT molecular complexity index is 565. The molecule has 1 fully saturated rings. The SMILES string of the molecule is COCC1(CNC(=O)CCc2ccc(OC(F)(F)F)cc2)CCNCC1. The number of carbonyl (C=O) groups is 1. The monoisotopic (exact) mass is 374 g/mol. The van der Waals surface area contributed by atoms with Crippen LogP contribution in [0, 0.1) is 5.41 Å². The third kappa shape index (κ3) is 6.84. The molecule has 1 aliphatic heterocycles. The predicted octanol–water partition coefficient (Wildman–Crippen LogP) is 2.65. The first-order valence-electron chi connectivity index (χ1n) is 8.63. The zero-order valence-corrected chi connectivity index (χ0v) is 14.8.